The van der Waals surface area contributed by atoms with Gasteiger partial charge in [-0.1, -0.05) is 10.4 Å². The third-order valence-corrected chi connectivity index (χ3v) is 1.67. The molecule has 0 bridgehead atoms. The van der Waals surface area contributed by atoms with E-state index in [9.17, 15) is 0 Å². The maximum Gasteiger partial charge on any atom is 0.195 e. The number of rotatable bonds is 2. The number of nitrogens with one attached hydrogen (secondary N) is 2. The molecule has 2 N–H and O–H groups in total. The van der Waals surface area contributed by atoms with Crippen LogP contribution in [0.5, 0.6) is 0 Å². The zero-order valence-electron chi connectivity index (χ0n) is 5.71. The van der Waals surface area contributed by atoms with E-state index in [0.717, 1.165) is 0 Å². The van der Waals surface area contributed by atoms with Crippen molar-refractivity contribution in [2.45, 2.75) is 5.25 Å². The minimum absolute atomic E-state index is 0.400. The summed E-state index contributed by atoms with van der Waals surface area (Å²) in [6.07, 6.45) is 0. The van der Waals surface area contributed by atoms with Crippen LogP contribution in [0.4, 0.5) is 0 Å². The Labute approximate surface area is 71.6 Å². The monoisotopic (exact) mass is 184 g/mol. The summed E-state index contributed by atoms with van der Waals surface area (Å²) in [6.45, 7) is 0. The number of tetrazole rings is 2. The minimum atomic E-state index is -0.400. The molecule has 0 saturated carbocycles. The molecule has 2 heterocycles. The van der Waals surface area contributed by atoms with Crippen molar-refractivity contribution in [3.05, 3.63) is 11.6 Å². The summed E-state index contributed by atoms with van der Waals surface area (Å²) in [5, 5.41) is 25.9. The number of H-pyrrole nitrogens is 2. The molecule has 0 radical (unpaired) electrons. The first-order chi connectivity index (χ1) is 5.88. The number of thiol groups is 1. The molecule has 12 heavy (non-hydrogen) atoms. The van der Waals surface area contributed by atoms with E-state index in [4.69, 9.17) is 0 Å². The molecule has 0 amide bonds. The first-order valence-electron chi connectivity index (χ1n) is 3.02. The van der Waals surface area contributed by atoms with Crippen molar-refractivity contribution in [1.29, 1.82) is 0 Å². The molecule has 0 aliphatic heterocycles. The molecule has 2 aromatic heterocycles. The predicted molar refractivity (Wildman–Crippen MR) is 39.2 cm³/mol. The average Bonchev–Trinajstić information content (AvgIpc) is 2.77. The molecule has 0 aliphatic carbocycles. The highest BCUT2D eigenvalue weighted by Crippen LogP contribution is 2.19. The number of aromatic nitrogens is 8. The Bertz CT molecular complexity index is 291. The second kappa shape index (κ2) is 2.85. The molecule has 0 aromatic carbocycles. The molecule has 0 saturated heterocycles. The molecule has 2 aromatic rings. The van der Waals surface area contributed by atoms with Crippen molar-refractivity contribution < 1.29 is 0 Å². The summed E-state index contributed by atoms with van der Waals surface area (Å²) < 4.78 is 0. The molecular weight excluding hydrogens is 180 g/mol. The van der Waals surface area contributed by atoms with Crippen molar-refractivity contribution in [1.82, 2.24) is 41.2 Å². The molecule has 62 valence electrons. The van der Waals surface area contributed by atoms with Crippen LogP contribution in [0.3, 0.4) is 0 Å². The van der Waals surface area contributed by atoms with Gasteiger partial charge in [-0.3, -0.25) is 0 Å². The largest absolute Gasteiger partial charge is 0.195 e. The molecule has 0 aliphatic rings. The number of nitrogens with zero attached hydrogens (tertiary/aromatic N) is 6. The molecule has 9 heteroatoms. The second-order valence-electron chi connectivity index (χ2n) is 1.94. The standard InChI is InChI=1S/C3H4N8S/c12-1(2-4-8-9-5-2)3-6-10-11-7-3/h1,12H,(H,4,5,8,9)(H,6,7,10,11). The zero-order valence-corrected chi connectivity index (χ0v) is 6.60. The van der Waals surface area contributed by atoms with Crippen LogP contribution >= 0.6 is 12.6 Å². The van der Waals surface area contributed by atoms with Gasteiger partial charge < -0.3 is 0 Å². The summed E-state index contributed by atoms with van der Waals surface area (Å²) in [5.74, 6) is 0.833. The van der Waals surface area contributed by atoms with E-state index in [1.807, 2.05) is 0 Å². The normalized spacial score (nSPS) is 10.8. The highest BCUT2D eigenvalue weighted by atomic mass is 32.1. The molecule has 8 nitrogen and oxygen atoms in total. The highest BCUT2D eigenvalue weighted by Gasteiger charge is 2.17. The van der Waals surface area contributed by atoms with Crippen molar-refractivity contribution >= 4 is 12.6 Å². The SMILES string of the molecule is SC(c1nn[nH]n1)c1nn[nH]n1. The van der Waals surface area contributed by atoms with Crippen molar-refractivity contribution in [3.8, 4) is 0 Å². The first kappa shape index (κ1) is 7.16. The van der Waals surface area contributed by atoms with Gasteiger partial charge in [0.2, 0.25) is 0 Å². The van der Waals surface area contributed by atoms with E-state index in [1.165, 1.54) is 0 Å². The maximum atomic E-state index is 4.17. The Morgan fingerprint density at radius 1 is 1.00 bits per heavy atom. The summed E-state index contributed by atoms with van der Waals surface area (Å²) in [7, 11) is 0. The van der Waals surface area contributed by atoms with Gasteiger partial charge in [0.15, 0.2) is 11.6 Å². The van der Waals surface area contributed by atoms with E-state index in [1.54, 1.807) is 0 Å². The van der Waals surface area contributed by atoms with E-state index < -0.39 is 5.25 Å². The van der Waals surface area contributed by atoms with Gasteiger partial charge >= 0.3 is 0 Å². The van der Waals surface area contributed by atoms with Crippen LogP contribution in [-0.4, -0.2) is 41.2 Å². The summed E-state index contributed by atoms with van der Waals surface area (Å²) >= 11 is 4.17. The zero-order chi connectivity index (χ0) is 8.39. The van der Waals surface area contributed by atoms with Crippen molar-refractivity contribution in [3.63, 3.8) is 0 Å². The minimum Gasteiger partial charge on any atom is -0.177 e. The fraction of sp³-hybridized carbons (Fsp3) is 0.333. The van der Waals surface area contributed by atoms with Crippen molar-refractivity contribution in [2.75, 3.05) is 0 Å². The molecule has 0 unspecified atom stereocenters. The third-order valence-electron chi connectivity index (χ3n) is 1.21. The van der Waals surface area contributed by atoms with E-state index in [2.05, 4.69) is 53.9 Å². The third kappa shape index (κ3) is 1.13. The van der Waals surface area contributed by atoms with Crippen LogP contribution in [0.1, 0.15) is 16.9 Å². The topological polar surface area (TPSA) is 109 Å². The molecule has 0 fully saturated rings. The smallest absolute Gasteiger partial charge is 0.177 e. The summed E-state index contributed by atoms with van der Waals surface area (Å²) in [6, 6.07) is 0. The Kier molecular flexibility index (Phi) is 1.70. The van der Waals surface area contributed by atoms with Gasteiger partial charge in [0.05, 0.1) is 0 Å². The van der Waals surface area contributed by atoms with Gasteiger partial charge in [0.1, 0.15) is 5.25 Å². The quantitative estimate of drug-likeness (QED) is 0.502. The lowest BCUT2D eigenvalue weighted by molar-refractivity contribution is 0.881. The molecular formula is C3H4N8S. The van der Waals surface area contributed by atoms with Gasteiger partial charge in [-0.05, 0) is 0 Å². The van der Waals surface area contributed by atoms with E-state index in [-0.39, 0.29) is 0 Å². The van der Waals surface area contributed by atoms with Crippen LogP contribution in [0, 0.1) is 0 Å². The second-order valence-corrected chi connectivity index (χ2v) is 2.46. The van der Waals surface area contributed by atoms with Crippen LogP contribution in [0.2, 0.25) is 0 Å². The average molecular weight is 184 g/mol. The number of aromatic amines is 2. The summed E-state index contributed by atoms with van der Waals surface area (Å²) in [4.78, 5) is 0. The van der Waals surface area contributed by atoms with Gasteiger partial charge in [0.25, 0.3) is 0 Å². The van der Waals surface area contributed by atoms with Gasteiger partial charge in [-0.2, -0.15) is 23.1 Å². The summed E-state index contributed by atoms with van der Waals surface area (Å²) in [5.41, 5.74) is 0. The van der Waals surface area contributed by atoms with Crippen LogP contribution in [0.25, 0.3) is 0 Å². The van der Waals surface area contributed by atoms with Crippen LogP contribution in [-0.2, 0) is 0 Å². The predicted octanol–water partition coefficient (Wildman–Crippen LogP) is -1.27. The fourth-order valence-electron chi connectivity index (χ4n) is 0.686. The van der Waals surface area contributed by atoms with Crippen LogP contribution in [0.15, 0.2) is 0 Å². The Morgan fingerprint density at radius 3 is 1.83 bits per heavy atom. The highest BCUT2D eigenvalue weighted by molar-refractivity contribution is 7.80. The van der Waals surface area contributed by atoms with Crippen LogP contribution < -0.4 is 0 Å². The Morgan fingerprint density at radius 2 is 1.50 bits per heavy atom. The maximum absolute atomic E-state index is 4.17. The molecule has 0 atom stereocenters. The molecule has 0 spiro atoms. The lowest BCUT2D eigenvalue weighted by atomic mass is 10.4. The van der Waals surface area contributed by atoms with Gasteiger partial charge in [-0.25, -0.2) is 0 Å². The van der Waals surface area contributed by atoms with E-state index >= 15 is 0 Å². The van der Waals surface area contributed by atoms with Gasteiger partial charge in [0, 0.05) is 0 Å². The number of hydrogen-bond acceptors (Lipinski definition) is 7. The van der Waals surface area contributed by atoms with Crippen molar-refractivity contribution in [2.24, 2.45) is 0 Å². The Hall–Kier alpha value is -1.51. The van der Waals surface area contributed by atoms with E-state index in [0.29, 0.717) is 11.6 Å². The Balaban J connectivity index is 2.27. The lowest BCUT2D eigenvalue weighted by Gasteiger charge is -1.96. The first-order valence-corrected chi connectivity index (χ1v) is 3.54. The number of hydrogen-bond donors (Lipinski definition) is 3. The fourth-order valence-corrected chi connectivity index (χ4v) is 0.905. The lowest BCUT2D eigenvalue weighted by Crippen LogP contribution is -1.98. The molecule has 2 rings (SSSR count). The van der Waals surface area contributed by atoms with Gasteiger partial charge in [-0.15, -0.1) is 20.4 Å².